The second-order valence-corrected chi connectivity index (χ2v) is 5.64. The molecule has 2 rings (SSSR count). The number of hydrogen-bond acceptors (Lipinski definition) is 5. The maximum atomic E-state index is 12.4. The molecule has 0 aromatic heterocycles. The van der Waals surface area contributed by atoms with Crippen LogP contribution in [0.5, 0.6) is 0 Å². The molecule has 1 aromatic rings. The van der Waals surface area contributed by atoms with E-state index in [1.54, 1.807) is 31.4 Å². The van der Waals surface area contributed by atoms with E-state index in [1.165, 1.54) is 4.90 Å². The topological polar surface area (TPSA) is 99.8 Å². The lowest BCUT2D eigenvalue weighted by Crippen LogP contribution is -2.42. The molecular formula is C17H25ClN4O4. The van der Waals surface area contributed by atoms with Crippen LogP contribution in [0.4, 0.5) is 11.4 Å². The minimum atomic E-state index is -0.240. The number of carbonyl (C=O) groups excluding carboxylic acids is 3. The van der Waals surface area contributed by atoms with E-state index in [0.29, 0.717) is 31.1 Å². The first-order valence-corrected chi connectivity index (χ1v) is 8.27. The van der Waals surface area contributed by atoms with Gasteiger partial charge >= 0.3 is 0 Å². The molecule has 0 unspecified atom stereocenters. The number of hydrogen-bond donors (Lipinski definition) is 3. The Morgan fingerprint density at radius 1 is 1.19 bits per heavy atom. The highest BCUT2D eigenvalue weighted by Crippen LogP contribution is 2.29. The van der Waals surface area contributed by atoms with Crippen LogP contribution in [0.1, 0.15) is 12.8 Å². The molecule has 0 saturated heterocycles. The molecule has 9 heteroatoms. The minimum absolute atomic E-state index is 0. The van der Waals surface area contributed by atoms with Crippen molar-refractivity contribution in [1.82, 2.24) is 10.6 Å². The fraction of sp³-hybridized carbons (Fsp3) is 0.471. The van der Waals surface area contributed by atoms with E-state index in [1.807, 2.05) is 0 Å². The molecule has 3 N–H and O–H groups in total. The van der Waals surface area contributed by atoms with Crippen LogP contribution in [0.3, 0.4) is 0 Å². The minimum Gasteiger partial charge on any atom is -0.383 e. The van der Waals surface area contributed by atoms with Gasteiger partial charge in [-0.15, -0.1) is 12.4 Å². The molecule has 1 aromatic carbocycles. The van der Waals surface area contributed by atoms with Gasteiger partial charge in [-0.2, -0.15) is 0 Å². The van der Waals surface area contributed by atoms with E-state index < -0.39 is 0 Å². The van der Waals surface area contributed by atoms with Crippen LogP contribution in [0, 0.1) is 0 Å². The molecular weight excluding hydrogens is 360 g/mol. The van der Waals surface area contributed by atoms with Crippen molar-refractivity contribution in [2.45, 2.75) is 12.8 Å². The summed E-state index contributed by atoms with van der Waals surface area (Å²) in [5, 5.41) is 8.60. The summed E-state index contributed by atoms with van der Waals surface area (Å²) in [6, 6.07) is 7.12. The van der Waals surface area contributed by atoms with E-state index in [2.05, 4.69) is 16.0 Å². The van der Waals surface area contributed by atoms with Gasteiger partial charge in [0, 0.05) is 39.6 Å². The van der Waals surface area contributed by atoms with Crippen LogP contribution >= 0.6 is 12.4 Å². The normalized spacial score (nSPS) is 12.7. The van der Waals surface area contributed by atoms with Crippen molar-refractivity contribution in [3.8, 4) is 0 Å². The molecule has 0 atom stereocenters. The molecule has 1 heterocycles. The Morgan fingerprint density at radius 2 is 1.96 bits per heavy atom. The van der Waals surface area contributed by atoms with E-state index in [0.717, 1.165) is 6.54 Å². The van der Waals surface area contributed by atoms with Crippen LogP contribution in [0.15, 0.2) is 24.3 Å². The smallest absolute Gasteiger partial charge is 0.244 e. The summed E-state index contributed by atoms with van der Waals surface area (Å²) in [5.74, 6) is -0.661. The Bertz CT molecular complexity index is 627. The van der Waals surface area contributed by atoms with Gasteiger partial charge in [-0.1, -0.05) is 12.1 Å². The second kappa shape index (κ2) is 11.5. The molecule has 0 radical (unpaired) electrons. The van der Waals surface area contributed by atoms with Gasteiger partial charge in [0.1, 0.15) is 6.54 Å². The average molecular weight is 385 g/mol. The lowest BCUT2D eigenvalue weighted by Gasteiger charge is -2.29. The number of ether oxygens (including phenoxy) is 1. The third kappa shape index (κ3) is 6.62. The predicted octanol–water partition coefficient (Wildman–Crippen LogP) is 0.526. The fourth-order valence-electron chi connectivity index (χ4n) is 2.49. The average Bonchev–Trinajstić information content (AvgIpc) is 2.61. The molecule has 1 aliphatic heterocycles. The summed E-state index contributed by atoms with van der Waals surface area (Å²) in [6.45, 7) is 2.45. The zero-order valence-electron chi connectivity index (χ0n) is 14.7. The number of nitrogens with zero attached hydrogens (tertiary/aromatic N) is 1. The van der Waals surface area contributed by atoms with Crippen molar-refractivity contribution >= 4 is 41.5 Å². The van der Waals surface area contributed by atoms with Gasteiger partial charge in [-0.3, -0.25) is 14.4 Å². The molecule has 3 amide bonds. The first-order chi connectivity index (χ1) is 12.1. The van der Waals surface area contributed by atoms with Crippen molar-refractivity contribution in [2.75, 3.05) is 50.1 Å². The zero-order chi connectivity index (χ0) is 18.1. The summed E-state index contributed by atoms with van der Waals surface area (Å²) in [5.41, 5.74) is 1.27. The zero-order valence-corrected chi connectivity index (χ0v) is 15.6. The third-order valence-corrected chi connectivity index (χ3v) is 3.74. The van der Waals surface area contributed by atoms with Gasteiger partial charge in [0.15, 0.2) is 0 Å². The van der Waals surface area contributed by atoms with E-state index in [4.69, 9.17) is 4.74 Å². The monoisotopic (exact) mass is 384 g/mol. The first kappa shape index (κ1) is 21.9. The summed E-state index contributed by atoms with van der Waals surface area (Å²) >= 11 is 0. The Labute approximate surface area is 159 Å². The second-order valence-electron chi connectivity index (χ2n) is 5.64. The number of para-hydroxylation sites is 2. The van der Waals surface area contributed by atoms with E-state index in [9.17, 15) is 14.4 Å². The van der Waals surface area contributed by atoms with E-state index >= 15 is 0 Å². The molecule has 144 valence electrons. The quantitative estimate of drug-likeness (QED) is 0.539. The maximum absolute atomic E-state index is 12.4. The Kier molecular flexibility index (Phi) is 9.64. The lowest BCUT2D eigenvalue weighted by atomic mass is 10.1. The summed E-state index contributed by atoms with van der Waals surface area (Å²) < 4.78 is 4.90. The molecule has 1 aliphatic rings. The Morgan fingerprint density at radius 3 is 2.73 bits per heavy atom. The number of methoxy groups -OCH3 is 1. The van der Waals surface area contributed by atoms with Gasteiger partial charge in [-0.25, -0.2) is 0 Å². The van der Waals surface area contributed by atoms with Crippen molar-refractivity contribution in [3.05, 3.63) is 24.3 Å². The van der Waals surface area contributed by atoms with Gasteiger partial charge in [0.05, 0.1) is 18.0 Å². The molecule has 0 fully saturated rings. The Balaban J connectivity index is 0.00000338. The summed E-state index contributed by atoms with van der Waals surface area (Å²) in [4.78, 5) is 37.4. The molecule has 26 heavy (non-hydrogen) atoms. The largest absolute Gasteiger partial charge is 0.383 e. The summed E-state index contributed by atoms with van der Waals surface area (Å²) in [7, 11) is 1.63. The van der Waals surface area contributed by atoms with Crippen molar-refractivity contribution in [3.63, 3.8) is 0 Å². The highest BCUT2D eigenvalue weighted by molar-refractivity contribution is 6.10. The highest BCUT2D eigenvalue weighted by Gasteiger charge is 2.26. The number of fused-ring (bicyclic) bond motifs is 1. The number of rotatable bonds is 9. The van der Waals surface area contributed by atoms with Crippen molar-refractivity contribution in [1.29, 1.82) is 0 Å². The van der Waals surface area contributed by atoms with Crippen molar-refractivity contribution < 1.29 is 19.1 Å². The van der Waals surface area contributed by atoms with Gasteiger partial charge in [0.2, 0.25) is 17.7 Å². The first-order valence-electron chi connectivity index (χ1n) is 8.27. The molecule has 0 saturated carbocycles. The number of nitrogens with one attached hydrogen (secondary N) is 3. The molecule has 0 spiro atoms. The molecule has 8 nitrogen and oxygen atoms in total. The van der Waals surface area contributed by atoms with Crippen LogP contribution in [-0.4, -0.2) is 57.6 Å². The van der Waals surface area contributed by atoms with Crippen molar-refractivity contribution in [2.24, 2.45) is 0 Å². The number of anilines is 2. The highest BCUT2D eigenvalue weighted by atomic mass is 35.5. The summed E-state index contributed by atoms with van der Waals surface area (Å²) in [6.07, 6.45) is 0.155. The number of benzene rings is 1. The SMILES string of the molecule is COCCNCCNC(=O)CCC(=O)N1CC(=O)Nc2ccccc21.Cl. The van der Waals surface area contributed by atoms with Crippen LogP contribution in [0.2, 0.25) is 0 Å². The van der Waals surface area contributed by atoms with Gasteiger partial charge < -0.3 is 25.6 Å². The fourth-order valence-corrected chi connectivity index (χ4v) is 2.49. The van der Waals surface area contributed by atoms with Crippen LogP contribution in [-0.2, 0) is 19.1 Å². The van der Waals surface area contributed by atoms with Crippen LogP contribution < -0.4 is 20.9 Å². The standard InChI is InChI=1S/C17H24N4O4.ClH/c1-25-11-10-18-8-9-19-15(22)6-7-17(24)21-12-16(23)20-13-4-2-3-5-14(13)21;/h2-5,18H,6-12H2,1H3,(H,19,22)(H,20,23);1H. The molecule has 0 bridgehead atoms. The van der Waals surface area contributed by atoms with Crippen LogP contribution in [0.25, 0.3) is 0 Å². The van der Waals surface area contributed by atoms with E-state index in [-0.39, 0.29) is 49.5 Å². The predicted molar refractivity (Wildman–Crippen MR) is 102 cm³/mol. The third-order valence-electron chi connectivity index (χ3n) is 3.74. The van der Waals surface area contributed by atoms with Gasteiger partial charge in [0.25, 0.3) is 0 Å². The van der Waals surface area contributed by atoms with Gasteiger partial charge in [-0.05, 0) is 12.1 Å². The Hall–Kier alpha value is -2.16. The maximum Gasteiger partial charge on any atom is 0.244 e. The number of halogens is 1. The number of amides is 3. The lowest BCUT2D eigenvalue weighted by molar-refractivity contribution is -0.125. The molecule has 0 aliphatic carbocycles. The number of carbonyl (C=O) groups is 3.